The van der Waals surface area contributed by atoms with Crippen LogP contribution in [-0.2, 0) is 0 Å². The number of nitrogen functional groups attached to an aromatic ring is 1. The molecule has 9 heteroatoms. The zero-order valence-electron chi connectivity index (χ0n) is 16.0. The Hall–Kier alpha value is -3.75. The summed E-state index contributed by atoms with van der Waals surface area (Å²) in [6, 6.07) is 10.9. The lowest BCUT2D eigenvalue weighted by atomic mass is 10.2. The minimum Gasteiger partial charge on any atom is -0.493 e. The molecule has 0 saturated carbocycles. The van der Waals surface area contributed by atoms with E-state index in [2.05, 4.69) is 20.3 Å². The third kappa shape index (κ3) is 3.98. The molecule has 0 aliphatic rings. The average Bonchev–Trinajstić information content (AvgIpc) is 2.72. The number of aromatic nitrogens is 3. The summed E-state index contributed by atoms with van der Waals surface area (Å²) in [4.78, 5) is 13.0. The second kappa shape index (κ2) is 8.30. The van der Waals surface area contributed by atoms with Gasteiger partial charge in [-0.2, -0.15) is 15.0 Å². The summed E-state index contributed by atoms with van der Waals surface area (Å²) < 4.78 is 21.3. The summed E-state index contributed by atoms with van der Waals surface area (Å²) in [7, 11) is 6.12. The fourth-order valence-corrected chi connectivity index (χ4v) is 2.59. The molecule has 146 valence electrons. The summed E-state index contributed by atoms with van der Waals surface area (Å²) in [6.07, 6.45) is 0. The molecule has 3 N–H and O–H groups in total. The maximum Gasteiger partial charge on any atom is 0.321 e. The molecule has 0 aliphatic carbocycles. The Kier molecular flexibility index (Phi) is 5.64. The first kappa shape index (κ1) is 19.0. The molecule has 0 atom stereocenters. The van der Waals surface area contributed by atoms with Gasteiger partial charge in [0.15, 0.2) is 17.3 Å². The maximum atomic E-state index is 5.86. The highest BCUT2D eigenvalue weighted by molar-refractivity contribution is 5.67. The molecule has 0 aliphatic heterocycles. The molecule has 2 aromatic carbocycles. The van der Waals surface area contributed by atoms with E-state index in [0.717, 1.165) is 5.56 Å². The molecule has 9 nitrogen and oxygen atoms in total. The molecule has 0 fully saturated rings. The second-order valence-electron chi connectivity index (χ2n) is 5.63. The standard InChI is InChI=1S/C19H21N5O4/c1-25-14-9-13(10-15(26-2)16(14)27-3)21-18-22-17(23-19(24-18)28-4)11-6-5-7-12(20)8-11/h5-10H,20H2,1-4H3,(H,21,22,23,24). The van der Waals surface area contributed by atoms with Crippen LogP contribution < -0.4 is 30.0 Å². The van der Waals surface area contributed by atoms with Gasteiger partial charge in [0.05, 0.1) is 28.4 Å². The third-order valence-corrected chi connectivity index (χ3v) is 3.86. The first-order valence-electron chi connectivity index (χ1n) is 8.31. The highest BCUT2D eigenvalue weighted by atomic mass is 16.5. The van der Waals surface area contributed by atoms with Gasteiger partial charge >= 0.3 is 6.01 Å². The van der Waals surface area contributed by atoms with Crippen molar-refractivity contribution >= 4 is 17.3 Å². The molecule has 0 bridgehead atoms. The van der Waals surface area contributed by atoms with Crippen molar-refractivity contribution in [3.63, 3.8) is 0 Å². The van der Waals surface area contributed by atoms with Crippen LogP contribution in [0.5, 0.6) is 23.3 Å². The van der Waals surface area contributed by atoms with Crippen LogP contribution in [0.4, 0.5) is 17.3 Å². The molecular weight excluding hydrogens is 362 g/mol. The highest BCUT2D eigenvalue weighted by Crippen LogP contribution is 2.40. The van der Waals surface area contributed by atoms with E-state index in [0.29, 0.717) is 40.4 Å². The van der Waals surface area contributed by atoms with Crippen LogP contribution in [0.15, 0.2) is 36.4 Å². The van der Waals surface area contributed by atoms with Crippen LogP contribution in [-0.4, -0.2) is 43.4 Å². The Balaban J connectivity index is 2.01. The van der Waals surface area contributed by atoms with Crippen LogP contribution >= 0.6 is 0 Å². The fraction of sp³-hybridized carbons (Fsp3) is 0.211. The molecule has 28 heavy (non-hydrogen) atoms. The predicted molar refractivity (Wildman–Crippen MR) is 106 cm³/mol. The van der Waals surface area contributed by atoms with Gasteiger partial charge in [0.2, 0.25) is 11.7 Å². The van der Waals surface area contributed by atoms with Gasteiger partial charge in [-0.3, -0.25) is 0 Å². The number of anilines is 3. The second-order valence-corrected chi connectivity index (χ2v) is 5.63. The fourth-order valence-electron chi connectivity index (χ4n) is 2.59. The minimum atomic E-state index is 0.169. The van der Waals surface area contributed by atoms with E-state index in [1.807, 2.05) is 12.1 Å². The van der Waals surface area contributed by atoms with Crippen molar-refractivity contribution in [2.24, 2.45) is 0 Å². The first-order valence-corrected chi connectivity index (χ1v) is 8.31. The van der Waals surface area contributed by atoms with Gasteiger partial charge in [-0.1, -0.05) is 12.1 Å². The van der Waals surface area contributed by atoms with Crippen LogP contribution in [0.1, 0.15) is 0 Å². The molecule has 1 aromatic heterocycles. The van der Waals surface area contributed by atoms with Crippen molar-refractivity contribution in [2.45, 2.75) is 0 Å². The van der Waals surface area contributed by atoms with E-state index < -0.39 is 0 Å². The molecule has 1 heterocycles. The van der Waals surface area contributed by atoms with Crippen LogP contribution in [0.3, 0.4) is 0 Å². The number of nitrogens with two attached hydrogens (primary N) is 1. The molecule has 3 aromatic rings. The molecule has 0 radical (unpaired) electrons. The number of nitrogens with zero attached hydrogens (tertiary/aromatic N) is 3. The summed E-state index contributed by atoms with van der Waals surface area (Å²) in [5, 5.41) is 3.12. The van der Waals surface area contributed by atoms with Crippen molar-refractivity contribution in [1.29, 1.82) is 0 Å². The normalized spacial score (nSPS) is 10.3. The van der Waals surface area contributed by atoms with Gasteiger partial charge in [0.25, 0.3) is 0 Å². The predicted octanol–water partition coefficient (Wildman–Crippen LogP) is 2.90. The van der Waals surface area contributed by atoms with E-state index in [4.69, 9.17) is 24.7 Å². The SMILES string of the molecule is COc1nc(Nc2cc(OC)c(OC)c(OC)c2)nc(-c2cccc(N)c2)n1. The van der Waals surface area contributed by atoms with Gasteiger partial charge in [-0.25, -0.2) is 0 Å². The van der Waals surface area contributed by atoms with Crippen LogP contribution in [0.25, 0.3) is 11.4 Å². The van der Waals surface area contributed by atoms with Gasteiger partial charge in [0.1, 0.15) is 0 Å². The molecule has 0 spiro atoms. The lowest BCUT2D eigenvalue weighted by molar-refractivity contribution is 0.324. The number of hydrogen-bond acceptors (Lipinski definition) is 9. The Morgan fingerprint density at radius 2 is 1.54 bits per heavy atom. The Bertz CT molecular complexity index is 955. The third-order valence-electron chi connectivity index (χ3n) is 3.86. The smallest absolute Gasteiger partial charge is 0.321 e. The van der Waals surface area contributed by atoms with Gasteiger partial charge in [-0.05, 0) is 12.1 Å². The van der Waals surface area contributed by atoms with Gasteiger partial charge in [-0.15, -0.1) is 0 Å². The number of nitrogens with one attached hydrogen (secondary N) is 1. The van der Waals surface area contributed by atoms with Crippen LogP contribution in [0, 0.1) is 0 Å². The van der Waals surface area contributed by atoms with Crippen LogP contribution in [0.2, 0.25) is 0 Å². The lowest BCUT2D eigenvalue weighted by Gasteiger charge is -2.15. The number of ether oxygens (including phenoxy) is 4. The van der Waals surface area contributed by atoms with Gasteiger partial charge in [0, 0.05) is 29.1 Å². The molecule has 0 unspecified atom stereocenters. The summed E-state index contributed by atoms with van der Waals surface area (Å²) in [5.74, 6) is 2.21. The van der Waals surface area contributed by atoms with Crippen molar-refractivity contribution in [2.75, 3.05) is 39.5 Å². The highest BCUT2D eigenvalue weighted by Gasteiger charge is 2.15. The molecule has 0 amide bonds. The van der Waals surface area contributed by atoms with Crippen molar-refractivity contribution in [1.82, 2.24) is 15.0 Å². The summed E-state index contributed by atoms with van der Waals surface area (Å²) in [5.41, 5.74) is 7.85. The lowest BCUT2D eigenvalue weighted by Crippen LogP contribution is -2.04. The quantitative estimate of drug-likeness (QED) is 0.594. The minimum absolute atomic E-state index is 0.169. The zero-order valence-corrected chi connectivity index (χ0v) is 16.0. The van der Waals surface area contributed by atoms with E-state index >= 15 is 0 Å². The van der Waals surface area contributed by atoms with Crippen molar-refractivity contribution < 1.29 is 18.9 Å². The maximum absolute atomic E-state index is 5.86. The number of rotatable bonds is 7. The number of benzene rings is 2. The first-order chi connectivity index (χ1) is 13.6. The monoisotopic (exact) mass is 383 g/mol. The zero-order chi connectivity index (χ0) is 20.1. The molecule has 3 rings (SSSR count). The Morgan fingerprint density at radius 1 is 0.821 bits per heavy atom. The van der Waals surface area contributed by atoms with E-state index in [1.165, 1.54) is 7.11 Å². The van der Waals surface area contributed by atoms with E-state index in [9.17, 15) is 0 Å². The topological polar surface area (TPSA) is 114 Å². The molecular formula is C19H21N5O4. The van der Waals surface area contributed by atoms with Crippen molar-refractivity contribution in [3.05, 3.63) is 36.4 Å². The summed E-state index contributed by atoms with van der Waals surface area (Å²) in [6.45, 7) is 0. The van der Waals surface area contributed by atoms with E-state index in [-0.39, 0.29) is 6.01 Å². The van der Waals surface area contributed by atoms with Crippen molar-refractivity contribution in [3.8, 4) is 34.6 Å². The average molecular weight is 383 g/mol. The molecule has 0 saturated heterocycles. The number of hydrogen-bond donors (Lipinski definition) is 2. The summed E-state index contributed by atoms with van der Waals surface area (Å²) >= 11 is 0. The van der Waals surface area contributed by atoms with E-state index in [1.54, 1.807) is 45.6 Å². The van der Waals surface area contributed by atoms with Gasteiger partial charge < -0.3 is 30.0 Å². The number of methoxy groups -OCH3 is 4. The Labute approximate surface area is 162 Å². The Morgan fingerprint density at radius 3 is 2.11 bits per heavy atom. The largest absolute Gasteiger partial charge is 0.493 e.